The van der Waals surface area contributed by atoms with Crippen molar-refractivity contribution < 1.29 is 0 Å². The molecule has 0 bridgehead atoms. The molecule has 2 heteroatoms. The minimum absolute atomic E-state index is 0.508. The van der Waals surface area contributed by atoms with Gasteiger partial charge in [0.2, 0.25) is 0 Å². The molecule has 0 heterocycles. The predicted octanol–water partition coefficient (Wildman–Crippen LogP) is 2.98. The van der Waals surface area contributed by atoms with Gasteiger partial charge < -0.3 is 10.6 Å². The van der Waals surface area contributed by atoms with Crippen molar-refractivity contribution >= 4 is 5.69 Å². The molecule has 18 heavy (non-hydrogen) atoms. The van der Waals surface area contributed by atoms with Crippen molar-refractivity contribution in [2.24, 2.45) is 5.41 Å². The van der Waals surface area contributed by atoms with Crippen LogP contribution in [0.1, 0.15) is 36.8 Å². The van der Waals surface area contributed by atoms with E-state index in [9.17, 15) is 0 Å². The Morgan fingerprint density at radius 2 is 1.89 bits per heavy atom. The predicted molar refractivity (Wildman–Crippen MR) is 77.2 cm³/mol. The maximum Gasteiger partial charge on any atom is 0.0343 e. The van der Waals surface area contributed by atoms with Crippen molar-refractivity contribution in [2.75, 3.05) is 25.5 Å². The molecule has 0 unspecified atom stereocenters. The first kappa shape index (κ1) is 12.0. The Hall–Kier alpha value is -1.02. The highest BCUT2D eigenvalue weighted by molar-refractivity contribution is 5.50. The SMILES string of the molecule is CNCC1(CNc2ccc3c(c2)CCC3)CCC1. The number of nitrogens with one attached hydrogen (secondary N) is 2. The van der Waals surface area contributed by atoms with Gasteiger partial charge in [-0.3, -0.25) is 0 Å². The third kappa shape index (κ3) is 2.26. The minimum Gasteiger partial charge on any atom is -0.384 e. The molecular formula is C16H24N2. The van der Waals surface area contributed by atoms with Gasteiger partial charge in [-0.2, -0.15) is 0 Å². The van der Waals surface area contributed by atoms with E-state index >= 15 is 0 Å². The van der Waals surface area contributed by atoms with Crippen LogP contribution in [0.15, 0.2) is 18.2 Å². The zero-order valence-electron chi connectivity index (χ0n) is 11.4. The largest absolute Gasteiger partial charge is 0.384 e. The zero-order valence-corrected chi connectivity index (χ0v) is 11.4. The van der Waals surface area contributed by atoms with E-state index in [1.54, 1.807) is 11.1 Å². The molecule has 2 N–H and O–H groups in total. The van der Waals surface area contributed by atoms with Gasteiger partial charge >= 0.3 is 0 Å². The summed E-state index contributed by atoms with van der Waals surface area (Å²) in [6.45, 7) is 2.26. The van der Waals surface area contributed by atoms with Crippen LogP contribution in [0.4, 0.5) is 5.69 Å². The molecule has 0 aliphatic heterocycles. The van der Waals surface area contributed by atoms with Crippen LogP contribution in [0.3, 0.4) is 0 Å². The van der Waals surface area contributed by atoms with Crippen LogP contribution >= 0.6 is 0 Å². The molecular weight excluding hydrogens is 220 g/mol. The number of hydrogen-bond acceptors (Lipinski definition) is 2. The Labute approximate surface area is 110 Å². The molecule has 1 saturated carbocycles. The average Bonchev–Trinajstić information content (AvgIpc) is 2.79. The van der Waals surface area contributed by atoms with E-state index in [2.05, 4.69) is 35.9 Å². The molecule has 1 aromatic carbocycles. The second-order valence-electron chi connectivity index (χ2n) is 6.07. The molecule has 0 atom stereocenters. The van der Waals surface area contributed by atoms with Crippen molar-refractivity contribution in [3.8, 4) is 0 Å². The zero-order chi connectivity index (χ0) is 12.4. The quantitative estimate of drug-likeness (QED) is 0.832. The summed E-state index contributed by atoms with van der Waals surface area (Å²) in [5.74, 6) is 0. The fourth-order valence-corrected chi connectivity index (χ4v) is 3.44. The summed E-state index contributed by atoms with van der Waals surface area (Å²) in [4.78, 5) is 0. The summed E-state index contributed by atoms with van der Waals surface area (Å²) in [5, 5.41) is 7.01. The van der Waals surface area contributed by atoms with E-state index in [0.717, 1.165) is 13.1 Å². The number of anilines is 1. The number of fused-ring (bicyclic) bond motifs is 1. The molecule has 0 spiro atoms. The Kier molecular flexibility index (Phi) is 3.29. The maximum absolute atomic E-state index is 3.66. The Morgan fingerprint density at radius 1 is 1.06 bits per heavy atom. The molecule has 0 radical (unpaired) electrons. The van der Waals surface area contributed by atoms with Gasteiger partial charge in [-0.15, -0.1) is 0 Å². The third-order valence-corrected chi connectivity index (χ3v) is 4.73. The molecule has 3 rings (SSSR count). The first-order valence-corrected chi connectivity index (χ1v) is 7.32. The van der Waals surface area contributed by atoms with Crippen molar-refractivity contribution in [3.63, 3.8) is 0 Å². The lowest BCUT2D eigenvalue weighted by Crippen LogP contribution is -2.44. The van der Waals surface area contributed by atoms with E-state index in [-0.39, 0.29) is 0 Å². The van der Waals surface area contributed by atoms with E-state index in [1.165, 1.54) is 44.2 Å². The highest BCUT2D eigenvalue weighted by atomic mass is 14.9. The van der Waals surface area contributed by atoms with E-state index in [1.807, 2.05) is 0 Å². The van der Waals surface area contributed by atoms with E-state index in [4.69, 9.17) is 0 Å². The molecule has 0 saturated heterocycles. The molecule has 1 aromatic rings. The van der Waals surface area contributed by atoms with Crippen LogP contribution in [0.2, 0.25) is 0 Å². The molecule has 0 aromatic heterocycles. The van der Waals surface area contributed by atoms with E-state index < -0.39 is 0 Å². The molecule has 2 aliphatic carbocycles. The molecule has 1 fully saturated rings. The van der Waals surface area contributed by atoms with Gasteiger partial charge in [0, 0.05) is 24.2 Å². The third-order valence-electron chi connectivity index (χ3n) is 4.73. The van der Waals surface area contributed by atoms with Gasteiger partial charge in [0.1, 0.15) is 0 Å². The van der Waals surface area contributed by atoms with Crippen LogP contribution in [0.25, 0.3) is 0 Å². The second kappa shape index (κ2) is 4.93. The van der Waals surface area contributed by atoms with Crippen LogP contribution in [0, 0.1) is 5.41 Å². The topological polar surface area (TPSA) is 24.1 Å². The van der Waals surface area contributed by atoms with Gasteiger partial charge in [0.15, 0.2) is 0 Å². The summed E-state index contributed by atoms with van der Waals surface area (Å²) in [6.07, 6.45) is 8.01. The first-order chi connectivity index (χ1) is 8.81. The standard InChI is InChI=1S/C16H24N2/c1-17-11-16(8-3-9-16)12-18-15-7-6-13-4-2-5-14(13)10-15/h6-7,10,17-18H,2-5,8-9,11-12H2,1H3. The lowest BCUT2D eigenvalue weighted by molar-refractivity contribution is 0.151. The first-order valence-electron chi connectivity index (χ1n) is 7.32. The smallest absolute Gasteiger partial charge is 0.0343 e. The summed E-state index contributed by atoms with van der Waals surface area (Å²) >= 11 is 0. The van der Waals surface area contributed by atoms with Gasteiger partial charge in [-0.1, -0.05) is 12.5 Å². The van der Waals surface area contributed by atoms with Gasteiger partial charge in [0.05, 0.1) is 0 Å². The molecule has 0 amide bonds. The Balaban J connectivity index is 1.63. The van der Waals surface area contributed by atoms with Crippen LogP contribution in [0.5, 0.6) is 0 Å². The highest BCUT2D eigenvalue weighted by Crippen LogP contribution is 2.40. The van der Waals surface area contributed by atoms with Crippen molar-refractivity contribution in [2.45, 2.75) is 38.5 Å². The molecule has 2 aliphatic rings. The Bertz CT molecular complexity index is 421. The Morgan fingerprint density at radius 3 is 2.61 bits per heavy atom. The number of rotatable bonds is 5. The lowest BCUT2D eigenvalue weighted by Gasteiger charge is -2.42. The van der Waals surface area contributed by atoms with E-state index in [0.29, 0.717) is 5.41 Å². The highest BCUT2D eigenvalue weighted by Gasteiger charge is 2.35. The number of benzene rings is 1. The fraction of sp³-hybridized carbons (Fsp3) is 0.625. The number of hydrogen-bond donors (Lipinski definition) is 2. The molecule has 2 nitrogen and oxygen atoms in total. The summed E-state index contributed by atoms with van der Waals surface area (Å²) in [5.41, 5.74) is 4.96. The van der Waals surface area contributed by atoms with Gasteiger partial charge in [-0.25, -0.2) is 0 Å². The minimum atomic E-state index is 0.508. The van der Waals surface area contributed by atoms with Crippen molar-refractivity contribution in [1.82, 2.24) is 5.32 Å². The average molecular weight is 244 g/mol. The maximum atomic E-state index is 3.66. The summed E-state index contributed by atoms with van der Waals surface area (Å²) < 4.78 is 0. The van der Waals surface area contributed by atoms with Crippen LogP contribution < -0.4 is 10.6 Å². The number of aryl methyl sites for hydroxylation is 2. The van der Waals surface area contributed by atoms with Gasteiger partial charge in [-0.05, 0) is 62.4 Å². The molecule has 98 valence electrons. The van der Waals surface area contributed by atoms with Crippen LogP contribution in [-0.2, 0) is 12.8 Å². The summed E-state index contributed by atoms with van der Waals surface area (Å²) in [7, 11) is 2.06. The lowest BCUT2D eigenvalue weighted by atomic mass is 9.68. The summed E-state index contributed by atoms with van der Waals surface area (Å²) in [6, 6.07) is 6.94. The normalized spacial score (nSPS) is 20.3. The van der Waals surface area contributed by atoms with Crippen molar-refractivity contribution in [1.29, 1.82) is 0 Å². The fourth-order valence-electron chi connectivity index (χ4n) is 3.44. The van der Waals surface area contributed by atoms with Crippen LogP contribution in [-0.4, -0.2) is 20.1 Å². The monoisotopic (exact) mass is 244 g/mol. The van der Waals surface area contributed by atoms with Gasteiger partial charge in [0.25, 0.3) is 0 Å². The van der Waals surface area contributed by atoms with Crippen molar-refractivity contribution in [3.05, 3.63) is 29.3 Å². The second-order valence-corrected chi connectivity index (χ2v) is 6.07.